The molecule has 1 heterocycles. The molecule has 0 bridgehead atoms. The van der Waals surface area contributed by atoms with Gasteiger partial charge in [0, 0.05) is 7.11 Å². The molecular weight excluding hydrogens is 108 g/mol. The van der Waals surface area contributed by atoms with Gasteiger partial charge in [-0.15, -0.1) is 0 Å². The van der Waals surface area contributed by atoms with E-state index in [0.29, 0.717) is 11.8 Å². The van der Waals surface area contributed by atoms with Gasteiger partial charge in [0.1, 0.15) is 0 Å². The summed E-state index contributed by atoms with van der Waals surface area (Å²) >= 11 is 0. The number of hydrogen-bond acceptors (Lipinski definition) is 2. The third kappa shape index (κ3) is 1.26. The maximum absolute atomic E-state index is 5.09. The van der Waals surface area contributed by atoms with Crippen LogP contribution in [0.5, 0.6) is 0 Å². The molecule has 1 fully saturated rings. The van der Waals surface area contributed by atoms with E-state index in [9.17, 15) is 0 Å². The van der Waals surface area contributed by atoms with Gasteiger partial charge in [-0.25, -0.2) is 0 Å². The maximum Gasteiger partial charge on any atom is 0.193 e. The number of hydrogen-bond donors (Lipinski definition) is 0. The van der Waals surface area contributed by atoms with Crippen molar-refractivity contribution in [3.63, 3.8) is 0 Å². The predicted molar refractivity (Wildman–Crippen MR) is 29.9 cm³/mol. The van der Waals surface area contributed by atoms with Crippen LogP contribution in [0.3, 0.4) is 0 Å². The average Bonchev–Trinajstić information content (AvgIpc) is 2.22. The van der Waals surface area contributed by atoms with Crippen LogP contribution < -0.4 is 0 Å². The van der Waals surface area contributed by atoms with Crippen LogP contribution in [0.15, 0.2) is 0 Å². The minimum absolute atomic E-state index is 0.302. The molecule has 1 aliphatic rings. The number of epoxide rings is 1. The van der Waals surface area contributed by atoms with E-state index in [1.165, 1.54) is 0 Å². The molecule has 2 unspecified atom stereocenters. The second kappa shape index (κ2) is 1.94. The Labute approximate surface area is 45.8 Å². The molecule has 0 aromatic heterocycles. The van der Waals surface area contributed by atoms with Crippen molar-refractivity contribution in [2.75, 3.05) is 7.11 Å². The first-order chi connectivity index (χ1) is 3.34. The third-order valence-electron chi connectivity index (χ3n) is 1.17. The topological polar surface area (TPSA) is 21.8 Å². The summed E-state index contributed by atoms with van der Waals surface area (Å²) in [6.07, 6.45) is 0.506. The van der Waals surface area contributed by atoms with Gasteiger partial charge in [-0.2, -0.15) is 0 Å². The highest BCUT2D eigenvalue weighted by Crippen LogP contribution is 2.18. The van der Waals surface area contributed by atoms with E-state index in [1.807, 2.05) is 0 Å². The van der Waals surface area contributed by atoms with Crippen molar-refractivity contribution in [3.8, 4) is 0 Å². The van der Waals surface area contributed by atoms with Crippen molar-refractivity contribution < 1.29 is 9.16 Å². The summed E-state index contributed by atoms with van der Waals surface area (Å²) in [5.41, 5.74) is 0.532. The van der Waals surface area contributed by atoms with Gasteiger partial charge in [0.05, 0.1) is 11.8 Å². The van der Waals surface area contributed by atoms with Gasteiger partial charge < -0.3 is 9.16 Å². The van der Waals surface area contributed by atoms with Crippen molar-refractivity contribution in [2.45, 2.75) is 18.8 Å². The second-order valence-corrected chi connectivity index (χ2v) is 3.55. The Hall–Kier alpha value is 0.137. The van der Waals surface area contributed by atoms with E-state index in [0.717, 1.165) is 0 Å². The van der Waals surface area contributed by atoms with Gasteiger partial charge in [-0.3, -0.25) is 0 Å². The molecule has 0 aromatic rings. The Morgan fingerprint density at radius 2 is 2.29 bits per heavy atom. The van der Waals surface area contributed by atoms with Gasteiger partial charge in [0.2, 0.25) is 0 Å². The molecule has 0 aromatic carbocycles. The zero-order valence-electron chi connectivity index (χ0n) is 4.68. The van der Waals surface area contributed by atoms with Crippen LogP contribution in [0.1, 0.15) is 6.92 Å². The lowest BCUT2D eigenvalue weighted by Crippen LogP contribution is -2.04. The van der Waals surface area contributed by atoms with Gasteiger partial charge in [0.25, 0.3) is 0 Å². The smallest absolute Gasteiger partial charge is 0.193 e. The maximum atomic E-state index is 5.09. The predicted octanol–water partition coefficient (Wildman–Crippen LogP) is -0.539. The van der Waals surface area contributed by atoms with Crippen LogP contribution in [0.25, 0.3) is 0 Å². The Morgan fingerprint density at radius 1 is 1.71 bits per heavy atom. The highest BCUT2D eigenvalue weighted by atomic mass is 28.2. The molecular formula is C4H10O2Si. The molecule has 1 saturated heterocycles. The molecule has 0 saturated carbocycles. The van der Waals surface area contributed by atoms with E-state index < -0.39 is 0 Å². The summed E-state index contributed by atoms with van der Waals surface area (Å²) in [5, 5.41) is 0. The first-order valence-corrected chi connectivity index (χ1v) is 3.88. The largest absolute Gasteiger partial charge is 0.424 e. The lowest BCUT2D eigenvalue weighted by atomic mass is 10.6. The van der Waals surface area contributed by atoms with Gasteiger partial charge >= 0.3 is 0 Å². The van der Waals surface area contributed by atoms with Gasteiger partial charge in [0.15, 0.2) is 9.76 Å². The van der Waals surface area contributed by atoms with Crippen LogP contribution in [-0.4, -0.2) is 28.7 Å². The molecule has 0 spiro atoms. The quantitative estimate of drug-likeness (QED) is 0.359. The monoisotopic (exact) mass is 118 g/mol. The van der Waals surface area contributed by atoms with Crippen molar-refractivity contribution in [2.24, 2.45) is 0 Å². The average molecular weight is 118 g/mol. The Balaban J connectivity index is 1.98. The summed E-state index contributed by atoms with van der Waals surface area (Å²) in [4.78, 5) is 0. The molecule has 0 N–H and O–H groups in total. The van der Waals surface area contributed by atoms with Crippen LogP contribution in [0.2, 0.25) is 0 Å². The van der Waals surface area contributed by atoms with Crippen molar-refractivity contribution >= 4 is 9.76 Å². The first kappa shape index (κ1) is 5.28. The van der Waals surface area contributed by atoms with E-state index in [-0.39, 0.29) is 9.76 Å². The third-order valence-corrected chi connectivity index (χ3v) is 2.69. The molecule has 2 nitrogen and oxygen atoms in total. The van der Waals surface area contributed by atoms with Crippen LogP contribution in [0.4, 0.5) is 0 Å². The molecule has 1 aliphatic heterocycles. The number of rotatable bonds is 2. The molecule has 3 heteroatoms. The number of ether oxygens (including phenoxy) is 1. The highest BCUT2D eigenvalue weighted by Gasteiger charge is 2.34. The SMILES string of the molecule is CO[SiH2]C1OC1C. The van der Waals surface area contributed by atoms with Crippen molar-refractivity contribution in [1.29, 1.82) is 0 Å². The zero-order valence-corrected chi connectivity index (χ0v) is 6.09. The molecule has 42 valence electrons. The van der Waals surface area contributed by atoms with E-state index >= 15 is 0 Å². The fraction of sp³-hybridized carbons (Fsp3) is 1.00. The minimum atomic E-state index is -0.302. The molecule has 0 amide bonds. The van der Waals surface area contributed by atoms with Gasteiger partial charge in [-0.05, 0) is 6.92 Å². The molecule has 0 radical (unpaired) electrons. The normalized spacial score (nSPS) is 40.3. The van der Waals surface area contributed by atoms with Crippen molar-refractivity contribution in [1.82, 2.24) is 0 Å². The van der Waals surface area contributed by atoms with Crippen molar-refractivity contribution in [3.05, 3.63) is 0 Å². The summed E-state index contributed by atoms with van der Waals surface area (Å²) in [7, 11) is 1.45. The van der Waals surface area contributed by atoms with Gasteiger partial charge in [-0.1, -0.05) is 0 Å². The summed E-state index contributed by atoms with van der Waals surface area (Å²) in [6, 6.07) is 0. The lowest BCUT2D eigenvalue weighted by Gasteiger charge is -1.84. The molecule has 2 atom stereocenters. The Morgan fingerprint density at radius 3 is 2.43 bits per heavy atom. The van der Waals surface area contributed by atoms with Crippen LogP contribution >= 0.6 is 0 Å². The summed E-state index contributed by atoms with van der Waals surface area (Å²) in [6.45, 7) is 2.08. The summed E-state index contributed by atoms with van der Waals surface area (Å²) in [5.74, 6) is 0. The Bertz CT molecular complexity index is 66.7. The molecule has 7 heavy (non-hydrogen) atoms. The Kier molecular flexibility index (Phi) is 1.46. The standard InChI is InChI=1S/C4H10O2Si/c1-3-4(6-3)7-5-2/h3-4H,7H2,1-2H3. The second-order valence-electron chi connectivity index (χ2n) is 1.83. The fourth-order valence-electron chi connectivity index (χ4n) is 0.569. The highest BCUT2D eigenvalue weighted by molar-refractivity contribution is 6.30. The lowest BCUT2D eigenvalue weighted by molar-refractivity contribution is 0.381. The van der Waals surface area contributed by atoms with Crippen LogP contribution in [0, 0.1) is 0 Å². The fourth-order valence-corrected chi connectivity index (χ4v) is 1.55. The van der Waals surface area contributed by atoms with E-state index in [1.54, 1.807) is 7.11 Å². The zero-order chi connectivity index (χ0) is 5.28. The minimum Gasteiger partial charge on any atom is -0.424 e. The first-order valence-electron chi connectivity index (χ1n) is 2.49. The van der Waals surface area contributed by atoms with E-state index in [4.69, 9.17) is 9.16 Å². The van der Waals surface area contributed by atoms with Crippen LogP contribution in [-0.2, 0) is 9.16 Å². The summed E-state index contributed by atoms with van der Waals surface area (Å²) < 4.78 is 10.0. The van der Waals surface area contributed by atoms with E-state index in [2.05, 4.69) is 6.92 Å². The molecule has 1 rings (SSSR count). The molecule has 0 aliphatic carbocycles.